The summed E-state index contributed by atoms with van der Waals surface area (Å²) in [6.07, 6.45) is 0. The fourth-order valence-corrected chi connectivity index (χ4v) is 0. The van der Waals surface area contributed by atoms with Crippen LogP contribution in [0, 0.1) is 0 Å². The monoisotopic (exact) mass is 76.0 g/mol. The predicted octanol–water partition coefficient (Wildman–Crippen LogP) is -0.201. The van der Waals surface area contributed by atoms with Crippen molar-refractivity contribution in [2.45, 2.75) is 0 Å². The quantitative estimate of drug-likeness (QED) is 0.258. The van der Waals surface area contributed by atoms with Crippen LogP contribution < -0.4 is 5.48 Å². The molecule has 23 valence electrons. The lowest BCUT2D eigenvalue weighted by Gasteiger charge is -1.65. The Kier molecular flexibility index (Phi) is 2.74. The number of rotatable bonds is 1. The standard InChI is InChI=1S/CH2NOS/c3-2-1-4/h3H,(H,2,4). The third-order valence-electron chi connectivity index (χ3n) is 0.0456. The first-order valence-electron chi connectivity index (χ1n) is 0.678. The highest BCUT2D eigenvalue weighted by Crippen LogP contribution is 1.27. The van der Waals surface area contributed by atoms with E-state index in [1.54, 1.807) is 0 Å². The second-order valence-corrected chi connectivity index (χ2v) is 0.418. The molecule has 4 heavy (non-hydrogen) atoms. The average Bonchev–Trinajstić information content (AvgIpc) is 1.37. The Labute approximate surface area is 29.4 Å². The third kappa shape index (κ3) is 1.85. The van der Waals surface area contributed by atoms with Crippen LogP contribution in [-0.4, -0.2) is 10.7 Å². The van der Waals surface area contributed by atoms with Crippen LogP contribution in [-0.2, 0) is 0 Å². The van der Waals surface area contributed by atoms with Crippen molar-refractivity contribution in [2.75, 3.05) is 0 Å². The molecular weight excluding hydrogens is 74.1 g/mol. The first kappa shape index (κ1) is 3.85. The van der Waals surface area contributed by atoms with Crippen molar-refractivity contribution in [3.63, 3.8) is 0 Å². The van der Waals surface area contributed by atoms with Gasteiger partial charge in [-0.3, -0.25) is 10.7 Å². The molecule has 0 aliphatic carbocycles. The van der Waals surface area contributed by atoms with E-state index in [9.17, 15) is 0 Å². The topological polar surface area (TPSA) is 32.3 Å². The highest BCUT2D eigenvalue weighted by atomic mass is 32.1. The van der Waals surface area contributed by atoms with Gasteiger partial charge in [-0.2, -0.15) is 0 Å². The van der Waals surface area contributed by atoms with Crippen molar-refractivity contribution in [3.05, 3.63) is 0 Å². The van der Waals surface area contributed by atoms with E-state index >= 15 is 0 Å². The van der Waals surface area contributed by atoms with Gasteiger partial charge in [0, 0.05) is 0 Å². The van der Waals surface area contributed by atoms with Gasteiger partial charge in [0.2, 0.25) is 0 Å². The molecule has 0 atom stereocenters. The van der Waals surface area contributed by atoms with Crippen LogP contribution >= 0.6 is 12.2 Å². The minimum atomic E-state index is 1.50. The summed E-state index contributed by atoms with van der Waals surface area (Å²) >= 11 is 3.94. The second-order valence-electron chi connectivity index (χ2n) is 0.214. The van der Waals surface area contributed by atoms with Crippen molar-refractivity contribution in [1.29, 1.82) is 0 Å². The molecule has 0 aromatic carbocycles. The summed E-state index contributed by atoms with van der Waals surface area (Å²) in [4.78, 5) is 0. The molecule has 0 saturated carbocycles. The molecule has 0 spiro atoms. The lowest BCUT2D eigenvalue weighted by Crippen LogP contribution is -1.97. The van der Waals surface area contributed by atoms with E-state index in [1.807, 2.05) is 5.49 Å². The molecule has 0 unspecified atom stereocenters. The van der Waals surface area contributed by atoms with Crippen LogP contribution in [0.4, 0.5) is 0 Å². The number of hydroxylamine groups is 1. The normalized spacial score (nSPS) is 5.25. The van der Waals surface area contributed by atoms with E-state index in [4.69, 9.17) is 5.21 Å². The Balaban J connectivity index is 2.30. The van der Waals surface area contributed by atoms with E-state index in [1.165, 1.54) is 5.48 Å². The van der Waals surface area contributed by atoms with E-state index < -0.39 is 0 Å². The molecule has 0 saturated heterocycles. The van der Waals surface area contributed by atoms with E-state index in [-0.39, 0.29) is 0 Å². The van der Waals surface area contributed by atoms with E-state index in [0.29, 0.717) is 0 Å². The van der Waals surface area contributed by atoms with Crippen LogP contribution in [0.25, 0.3) is 0 Å². The zero-order chi connectivity index (χ0) is 3.41. The van der Waals surface area contributed by atoms with E-state index in [0.717, 1.165) is 0 Å². The zero-order valence-corrected chi connectivity index (χ0v) is 2.67. The average molecular weight is 76.1 g/mol. The fourth-order valence-electron chi connectivity index (χ4n) is 0. The summed E-state index contributed by atoms with van der Waals surface area (Å²) in [5, 5.41) is 7.41. The van der Waals surface area contributed by atoms with Crippen LogP contribution in [0.3, 0.4) is 0 Å². The Hall–Kier alpha value is -0.150. The first-order chi connectivity index (χ1) is 1.91. The molecule has 0 aromatic heterocycles. The molecule has 0 amide bonds. The van der Waals surface area contributed by atoms with Gasteiger partial charge in [0.1, 0.15) is 0 Å². The molecule has 0 aromatic rings. The molecule has 0 heterocycles. The third-order valence-corrected chi connectivity index (χ3v) is 0.137. The smallest absolute Gasteiger partial charge is 0.160 e. The SMILES string of the molecule is ON[C]=S. The molecular formula is CH2NOS. The molecule has 0 bridgehead atoms. The molecule has 0 aliphatic rings. The van der Waals surface area contributed by atoms with Crippen molar-refractivity contribution in [2.24, 2.45) is 0 Å². The molecule has 1 radical (unpaired) electrons. The van der Waals surface area contributed by atoms with Gasteiger partial charge in [-0.05, 0) is 0 Å². The second kappa shape index (κ2) is 2.85. The van der Waals surface area contributed by atoms with Crippen LogP contribution in [0.1, 0.15) is 0 Å². The molecule has 2 N–H and O–H groups in total. The molecule has 0 rings (SSSR count). The summed E-state index contributed by atoms with van der Waals surface area (Å²) in [5.41, 5.74) is 3.31. The summed E-state index contributed by atoms with van der Waals surface area (Å²) < 4.78 is 0. The number of hydrogen-bond donors (Lipinski definition) is 2. The summed E-state index contributed by atoms with van der Waals surface area (Å²) in [7, 11) is 0. The Morgan fingerprint density at radius 2 is 2.25 bits per heavy atom. The van der Waals surface area contributed by atoms with Crippen LogP contribution in [0.2, 0.25) is 0 Å². The minimum absolute atomic E-state index is 1.50. The maximum atomic E-state index is 7.41. The Morgan fingerprint density at radius 1 is 2.00 bits per heavy atom. The highest BCUT2D eigenvalue weighted by Gasteiger charge is 1.42. The Bertz CT molecular complexity index is 22.0. The van der Waals surface area contributed by atoms with Gasteiger partial charge in [-0.15, -0.1) is 0 Å². The first-order valence-corrected chi connectivity index (χ1v) is 1.09. The maximum absolute atomic E-state index is 7.41. The lowest BCUT2D eigenvalue weighted by atomic mass is 11.5. The van der Waals surface area contributed by atoms with Gasteiger partial charge in [-0.1, -0.05) is 12.2 Å². The van der Waals surface area contributed by atoms with Crippen molar-refractivity contribution >= 4 is 17.7 Å². The van der Waals surface area contributed by atoms with Crippen LogP contribution in [0.5, 0.6) is 0 Å². The highest BCUT2D eigenvalue weighted by molar-refractivity contribution is 7.78. The fraction of sp³-hybridized carbons (Fsp3) is 0. The Morgan fingerprint density at radius 3 is 2.25 bits per heavy atom. The van der Waals surface area contributed by atoms with Gasteiger partial charge in [0.05, 0.1) is 0 Å². The predicted molar refractivity (Wildman–Crippen MR) is 17.5 cm³/mol. The molecule has 0 fully saturated rings. The van der Waals surface area contributed by atoms with Gasteiger partial charge in [0.25, 0.3) is 0 Å². The van der Waals surface area contributed by atoms with Gasteiger partial charge >= 0.3 is 0 Å². The maximum Gasteiger partial charge on any atom is 0.160 e. The summed E-state index contributed by atoms with van der Waals surface area (Å²) in [5.74, 6) is 0. The number of hydrogen-bond acceptors (Lipinski definition) is 2. The van der Waals surface area contributed by atoms with Crippen LogP contribution in [0.15, 0.2) is 0 Å². The van der Waals surface area contributed by atoms with E-state index in [2.05, 4.69) is 12.2 Å². The molecule has 3 heteroatoms. The van der Waals surface area contributed by atoms with Crippen molar-refractivity contribution < 1.29 is 5.21 Å². The van der Waals surface area contributed by atoms with Crippen molar-refractivity contribution in [1.82, 2.24) is 5.48 Å². The van der Waals surface area contributed by atoms with Crippen molar-refractivity contribution in [3.8, 4) is 0 Å². The molecule has 0 aliphatic heterocycles. The van der Waals surface area contributed by atoms with Gasteiger partial charge in [-0.25, -0.2) is 0 Å². The summed E-state index contributed by atoms with van der Waals surface area (Å²) in [6.45, 7) is 0. The zero-order valence-electron chi connectivity index (χ0n) is 1.86. The number of thiocarbonyl (C=S) groups is 1. The summed E-state index contributed by atoms with van der Waals surface area (Å²) in [6, 6.07) is 0. The van der Waals surface area contributed by atoms with Gasteiger partial charge < -0.3 is 0 Å². The van der Waals surface area contributed by atoms with Gasteiger partial charge in [0.15, 0.2) is 5.49 Å². The lowest BCUT2D eigenvalue weighted by molar-refractivity contribution is 0.242. The molecule has 2 nitrogen and oxygen atoms in total. The number of nitrogens with one attached hydrogen (secondary N) is 1. The largest absolute Gasteiger partial charge is 0.290 e. The minimum Gasteiger partial charge on any atom is -0.290 e.